The standard InChI is InChI=1S/C41H57NO10/c1-10-19-42(22-31(44)49-9)30-12-13-38(5)29(41(30,8)34(47)50-23-28-24(2)51-35(48)52-28)11-14-40(7)32(38)27(43)20-25-26-21-37(4,33(45)46)16-15-36(26,3)17-18-39(25,40)6/h10,20,26,29-30,32H,1,11-19,21-23H2,2-9H3,(H,45,46)/t26-,29?,30-,32+,36+,37-,38-,39+,40+,41-/m0/s1. The molecule has 1 aromatic heterocycles. The number of ketones is 1. The number of methoxy groups -OCH3 is 1. The average Bonchev–Trinajstić information content (AvgIpc) is 3.40. The van der Waals surface area contributed by atoms with E-state index in [9.17, 15) is 29.1 Å². The van der Waals surface area contributed by atoms with Crippen LogP contribution in [0.4, 0.5) is 0 Å². The summed E-state index contributed by atoms with van der Waals surface area (Å²) in [6.45, 7) is 18.3. The Balaban J connectivity index is 1.43. The van der Waals surface area contributed by atoms with Crippen LogP contribution in [0.5, 0.6) is 0 Å². The minimum atomic E-state index is -1.17. The number of carboxylic acid groups (broad SMARTS) is 1. The third-order valence-corrected chi connectivity index (χ3v) is 15.7. The minimum absolute atomic E-state index is 0.00143. The maximum absolute atomic E-state index is 15.0. The Hall–Kier alpha value is -3.47. The molecule has 11 nitrogen and oxygen atoms in total. The van der Waals surface area contributed by atoms with Gasteiger partial charge in [-0.1, -0.05) is 39.3 Å². The first-order chi connectivity index (χ1) is 24.2. The number of esters is 2. The maximum Gasteiger partial charge on any atom is 0.519 e. The predicted octanol–water partition coefficient (Wildman–Crippen LogP) is 6.66. The second-order valence-electron chi connectivity index (χ2n) is 18.2. The van der Waals surface area contributed by atoms with Crippen molar-refractivity contribution in [2.45, 2.75) is 119 Å². The van der Waals surface area contributed by atoms with Gasteiger partial charge in [-0.25, -0.2) is 4.79 Å². The highest BCUT2D eigenvalue weighted by molar-refractivity contribution is 5.96. The van der Waals surface area contributed by atoms with Crippen molar-refractivity contribution in [3.05, 3.63) is 46.4 Å². The summed E-state index contributed by atoms with van der Waals surface area (Å²) in [6.07, 6.45) is 9.99. The van der Waals surface area contributed by atoms with Gasteiger partial charge in [-0.15, -0.1) is 6.58 Å². The fourth-order valence-electron chi connectivity index (χ4n) is 12.4. The molecule has 0 amide bonds. The summed E-state index contributed by atoms with van der Waals surface area (Å²) < 4.78 is 21.2. The number of rotatable bonds is 9. The number of aliphatic carboxylic acids is 1. The molecular formula is C41H57NO10. The summed E-state index contributed by atoms with van der Waals surface area (Å²) in [5.74, 6) is -2.83. The molecule has 6 rings (SSSR count). The molecule has 5 aliphatic rings. The third-order valence-electron chi connectivity index (χ3n) is 15.7. The van der Waals surface area contributed by atoms with Gasteiger partial charge in [-0.2, -0.15) is 0 Å². The number of nitrogens with zero attached hydrogens (tertiary/aromatic N) is 1. The van der Waals surface area contributed by atoms with Gasteiger partial charge in [0.25, 0.3) is 0 Å². The molecule has 5 aliphatic carbocycles. The summed E-state index contributed by atoms with van der Waals surface area (Å²) in [5, 5.41) is 10.3. The average molecular weight is 724 g/mol. The van der Waals surface area contributed by atoms with Gasteiger partial charge in [-0.05, 0) is 118 Å². The van der Waals surface area contributed by atoms with Crippen LogP contribution in [0.2, 0.25) is 0 Å². The van der Waals surface area contributed by atoms with E-state index in [0.717, 1.165) is 24.8 Å². The molecule has 4 fully saturated rings. The summed E-state index contributed by atoms with van der Waals surface area (Å²) >= 11 is 0. The fraction of sp³-hybridized carbons (Fsp3) is 0.732. The van der Waals surface area contributed by atoms with Crippen molar-refractivity contribution in [3.63, 3.8) is 0 Å². The smallest absolute Gasteiger partial charge is 0.481 e. The van der Waals surface area contributed by atoms with Crippen LogP contribution in [-0.4, -0.2) is 59.9 Å². The molecule has 0 aromatic carbocycles. The van der Waals surface area contributed by atoms with Crippen molar-refractivity contribution in [3.8, 4) is 0 Å². The van der Waals surface area contributed by atoms with Crippen molar-refractivity contribution >= 4 is 23.7 Å². The Labute approximate surface area is 306 Å². The summed E-state index contributed by atoms with van der Waals surface area (Å²) in [4.78, 5) is 68.6. The molecule has 10 atom stereocenters. The van der Waals surface area contributed by atoms with Crippen molar-refractivity contribution in [2.24, 2.45) is 50.2 Å². The van der Waals surface area contributed by atoms with Gasteiger partial charge in [-0.3, -0.25) is 24.1 Å². The molecule has 0 bridgehead atoms. The van der Waals surface area contributed by atoms with Gasteiger partial charge in [0.1, 0.15) is 0 Å². The van der Waals surface area contributed by atoms with Crippen LogP contribution in [0.25, 0.3) is 0 Å². The van der Waals surface area contributed by atoms with E-state index in [0.29, 0.717) is 45.1 Å². The number of carbonyl (C=O) groups excluding carboxylic acids is 3. The van der Waals surface area contributed by atoms with Crippen LogP contribution in [0, 0.1) is 57.2 Å². The highest BCUT2D eigenvalue weighted by atomic mass is 16.6. The lowest BCUT2D eigenvalue weighted by molar-refractivity contribution is -0.212. The molecule has 1 unspecified atom stereocenters. The van der Waals surface area contributed by atoms with E-state index in [1.165, 1.54) is 7.11 Å². The van der Waals surface area contributed by atoms with Crippen LogP contribution in [0.1, 0.15) is 111 Å². The molecule has 1 N–H and O–H groups in total. The molecule has 286 valence electrons. The number of carbonyl (C=O) groups is 4. The third kappa shape index (κ3) is 5.49. The van der Waals surface area contributed by atoms with Crippen LogP contribution in [0.3, 0.4) is 0 Å². The molecule has 11 heteroatoms. The lowest BCUT2D eigenvalue weighted by atomic mass is 9.33. The Morgan fingerprint density at radius 1 is 1.00 bits per heavy atom. The number of carboxylic acids is 1. The Morgan fingerprint density at radius 3 is 2.31 bits per heavy atom. The predicted molar refractivity (Wildman–Crippen MR) is 191 cm³/mol. The van der Waals surface area contributed by atoms with E-state index in [1.807, 2.05) is 24.8 Å². The highest BCUT2D eigenvalue weighted by Crippen LogP contribution is 2.75. The van der Waals surface area contributed by atoms with E-state index in [-0.39, 0.29) is 59.0 Å². The minimum Gasteiger partial charge on any atom is -0.481 e. The summed E-state index contributed by atoms with van der Waals surface area (Å²) in [6, 6.07) is -0.441. The second kappa shape index (κ2) is 12.8. The summed E-state index contributed by atoms with van der Waals surface area (Å²) in [5.41, 5.74) is -2.32. The number of hydrogen-bond acceptors (Lipinski definition) is 10. The normalized spacial score (nSPS) is 41.1. The highest BCUT2D eigenvalue weighted by Gasteiger charge is 2.72. The summed E-state index contributed by atoms with van der Waals surface area (Å²) in [7, 11) is 1.34. The first kappa shape index (κ1) is 38.3. The van der Waals surface area contributed by atoms with E-state index in [2.05, 4.69) is 34.3 Å². The molecule has 0 aliphatic heterocycles. The van der Waals surface area contributed by atoms with Crippen molar-refractivity contribution in [1.82, 2.24) is 4.90 Å². The molecule has 0 saturated heterocycles. The number of allylic oxidation sites excluding steroid dienone is 2. The lowest BCUT2D eigenvalue weighted by Gasteiger charge is -2.70. The van der Waals surface area contributed by atoms with Crippen molar-refractivity contribution < 1.29 is 42.6 Å². The van der Waals surface area contributed by atoms with Crippen LogP contribution < -0.4 is 5.82 Å². The van der Waals surface area contributed by atoms with Gasteiger partial charge in [0, 0.05) is 18.5 Å². The van der Waals surface area contributed by atoms with E-state index in [4.69, 9.17) is 18.3 Å². The number of ether oxygens (including phenoxy) is 2. The fourth-order valence-corrected chi connectivity index (χ4v) is 12.4. The SMILES string of the molecule is C=CCN(CC(=O)OC)[C@H]1CC[C@@]2(C)C(CC[C@]3(C)[C@@H]2C(=O)C=C2[C@@H]4C[C@@](C)(C(=O)O)CC[C@]4(C)CC[C@]23C)[C@]1(C)C(=O)OCc1oc(=O)oc1C. The molecule has 1 aromatic rings. The zero-order valence-corrected chi connectivity index (χ0v) is 32.2. The topological polar surface area (TPSA) is 154 Å². The molecule has 0 radical (unpaired) electrons. The van der Waals surface area contributed by atoms with Crippen LogP contribution >= 0.6 is 0 Å². The lowest BCUT2D eigenvalue weighted by Crippen LogP contribution is -2.69. The molecule has 52 heavy (non-hydrogen) atoms. The van der Waals surface area contributed by atoms with Gasteiger partial charge in [0.15, 0.2) is 23.9 Å². The second-order valence-corrected chi connectivity index (χ2v) is 18.2. The van der Waals surface area contributed by atoms with Gasteiger partial charge < -0.3 is 23.4 Å². The van der Waals surface area contributed by atoms with E-state index < -0.39 is 51.4 Å². The molecule has 0 spiro atoms. The molecule has 1 heterocycles. The quantitative estimate of drug-likeness (QED) is 0.215. The van der Waals surface area contributed by atoms with Gasteiger partial charge in [0.2, 0.25) is 0 Å². The van der Waals surface area contributed by atoms with Gasteiger partial charge >= 0.3 is 23.7 Å². The Kier molecular flexibility index (Phi) is 9.45. The van der Waals surface area contributed by atoms with Crippen molar-refractivity contribution in [2.75, 3.05) is 20.2 Å². The van der Waals surface area contributed by atoms with E-state index in [1.54, 1.807) is 13.0 Å². The largest absolute Gasteiger partial charge is 0.519 e. The van der Waals surface area contributed by atoms with Gasteiger partial charge in [0.05, 0.1) is 24.5 Å². The Morgan fingerprint density at radius 2 is 1.69 bits per heavy atom. The first-order valence-electron chi connectivity index (χ1n) is 18.9. The zero-order chi connectivity index (χ0) is 38.2. The maximum atomic E-state index is 15.0. The van der Waals surface area contributed by atoms with Crippen molar-refractivity contribution in [1.29, 1.82) is 0 Å². The molecule has 4 saturated carbocycles. The van der Waals surface area contributed by atoms with Crippen LogP contribution in [-0.2, 0) is 35.3 Å². The number of fused-ring (bicyclic) bond motifs is 7. The van der Waals surface area contributed by atoms with E-state index >= 15 is 0 Å². The number of hydrogen-bond donors (Lipinski definition) is 1. The van der Waals surface area contributed by atoms with Crippen LogP contribution in [0.15, 0.2) is 37.9 Å². The first-order valence-corrected chi connectivity index (χ1v) is 18.9. The molecular weight excluding hydrogens is 666 g/mol. The zero-order valence-electron chi connectivity index (χ0n) is 32.2. The Bertz CT molecular complexity index is 1760. The monoisotopic (exact) mass is 723 g/mol. The number of aryl methyl sites for hydroxylation is 1.